The van der Waals surface area contributed by atoms with Gasteiger partial charge in [0.25, 0.3) is 0 Å². The van der Waals surface area contributed by atoms with E-state index in [0.29, 0.717) is 19.4 Å². The second-order valence-electron chi connectivity index (χ2n) is 3.65. The van der Waals surface area contributed by atoms with Crippen LogP contribution in [0.3, 0.4) is 0 Å². The Morgan fingerprint density at radius 2 is 1.62 bits per heavy atom. The topological polar surface area (TPSA) is 43.4 Å². The Morgan fingerprint density at radius 1 is 1.06 bits per heavy atom. The number of carbonyl (C=O) groups excluding carboxylic acids is 2. The number of ether oxygens (including phenoxy) is 1. The molecular formula is C13H26O3. The Hall–Kier alpha value is -0.860. The van der Waals surface area contributed by atoms with Crippen LogP contribution in [0.4, 0.5) is 0 Å². The highest BCUT2D eigenvalue weighted by atomic mass is 16.5. The van der Waals surface area contributed by atoms with E-state index in [-0.39, 0.29) is 5.97 Å². The lowest BCUT2D eigenvalue weighted by atomic mass is 10.2. The van der Waals surface area contributed by atoms with E-state index in [4.69, 9.17) is 4.74 Å². The van der Waals surface area contributed by atoms with Crippen molar-refractivity contribution < 1.29 is 14.3 Å². The van der Waals surface area contributed by atoms with Crippen molar-refractivity contribution in [1.82, 2.24) is 0 Å². The van der Waals surface area contributed by atoms with Crippen LogP contribution in [0.5, 0.6) is 0 Å². The summed E-state index contributed by atoms with van der Waals surface area (Å²) in [6.45, 7) is 6.56. The van der Waals surface area contributed by atoms with Gasteiger partial charge in [-0.3, -0.25) is 4.79 Å². The summed E-state index contributed by atoms with van der Waals surface area (Å²) in [5.41, 5.74) is 0. The van der Waals surface area contributed by atoms with E-state index >= 15 is 0 Å². The summed E-state index contributed by atoms with van der Waals surface area (Å²) in [5, 5.41) is 0. The molecule has 0 amide bonds. The minimum Gasteiger partial charge on any atom is -0.466 e. The van der Waals surface area contributed by atoms with Crippen LogP contribution in [0, 0.1) is 0 Å². The average molecular weight is 230 g/mol. The van der Waals surface area contributed by atoms with Gasteiger partial charge in [-0.15, -0.1) is 0 Å². The Labute approximate surface area is 99.6 Å². The number of esters is 1. The van der Waals surface area contributed by atoms with Crippen molar-refractivity contribution in [2.75, 3.05) is 6.61 Å². The molecule has 16 heavy (non-hydrogen) atoms. The summed E-state index contributed by atoms with van der Waals surface area (Å²) in [7, 11) is 0. The lowest BCUT2D eigenvalue weighted by Gasteiger charge is -2.01. The maximum Gasteiger partial charge on any atom is 0.305 e. The molecular weight excluding hydrogens is 204 g/mol. The first-order valence-corrected chi connectivity index (χ1v) is 6.32. The predicted molar refractivity (Wildman–Crippen MR) is 66.4 cm³/mol. The van der Waals surface area contributed by atoms with E-state index < -0.39 is 0 Å². The third-order valence-corrected chi connectivity index (χ3v) is 1.77. The van der Waals surface area contributed by atoms with E-state index in [1.807, 2.05) is 0 Å². The van der Waals surface area contributed by atoms with Gasteiger partial charge in [-0.1, -0.05) is 40.0 Å². The van der Waals surface area contributed by atoms with Crippen LogP contribution in [0.2, 0.25) is 0 Å². The molecule has 96 valence electrons. The molecule has 0 atom stereocenters. The van der Waals surface area contributed by atoms with Gasteiger partial charge < -0.3 is 9.53 Å². The zero-order valence-corrected chi connectivity index (χ0v) is 11.0. The van der Waals surface area contributed by atoms with E-state index in [1.165, 1.54) is 6.42 Å². The van der Waals surface area contributed by atoms with E-state index in [2.05, 4.69) is 13.8 Å². The molecule has 0 aliphatic heterocycles. The van der Waals surface area contributed by atoms with Crippen molar-refractivity contribution in [1.29, 1.82) is 0 Å². The molecule has 0 bridgehead atoms. The molecule has 0 unspecified atom stereocenters. The molecule has 0 spiro atoms. The molecule has 0 saturated heterocycles. The fraction of sp³-hybridized carbons (Fsp3) is 0.846. The van der Waals surface area contributed by atoms with Crippen LogP contribution in [0.15, 0.2) is 0 Å². The van der Waals surface area contributed by atoms with Crippen molar-refractivity contribution >= 4 is 12.3 Å². The van der Waals surface area contributed by atoms with Gasteiger partial charge >= 0.3 is 5.97 Å². The average Bonchev–Trinajstić information content (AvgIpc) is 2.28. The summed E-state index contributed by atoms with van der Waals surface area (Å²) >= 11 is 0. The van der Waals surface area contributed by atoms with Crippen LogP contribution in [-0.4, -0.2) is 18.9 Å². The minimum atomic E-state index is -0.132. The molecule has 3 nitrogen and oxygen atoms in total. The smallest absolute Gasteiger partial charge is 0.305 e. The Kier molecular flexibility index (Phi) is 18.2. The van der Waals surface area contributed by atoms with Crippen LogP contribution < -0.4 is 0 Å². The Bertz CT molecular complexity index is 155. The molecule has 0 aromatic heterocycles. The second-order valence-corrected chi connectivity index (χ2v) is 3.65. The van der Waals surface area contributed by atoms with Gasteiger partial charge in [0.05, 0.1) is 6.61 Å². The molecule has 0 aromatic carbocycles. The monoisotopic (exact) mass is 230 g/mol. The van der Waals surface area contributed by atoms with Gasteiger partial charge in [-0.2, -0.15) is 0 Å². The van der Waals surface area contributed by atoms with Gasteiger partial charge in [-0.25, -0.2) is 0 Å². The second kappa shape index (κ2) is 16.6. The summed E-state index contributed by atoms with van der Waals surface area (Å²) in [5.74, 6) is -0.132. The summed E-state index contributed by atoms with van der Waals surface area (Å²) in [6, 6.07) is 0. The van der Waals surface area contributed by atoms with Gasteiger partial charge in [-0.05, 0) is 12.8 Å². The molecule has 0 heterocycles. The molecule has 0 N–H and O–H groups in total. The number of hydrogen-bond donors (Lipinski definition) is 0. The van der Waals surface area contributed by atoms with Crippen LogP contribution in [0.25, 0.3) is 0 Å². The Balaban J connectivity index is 0. The maximum atomic E-state index is 10.7. The SMILES string of the molecule is CCC.CCC(=O)OCCCCCCC=O. The van der Waals surface area contributed by atoms with Crippen molar-refractivity contribution in [3.8, 4) is 0 Å². The van der Waals surface area contributed by atoms with Crippen LogP contribution in [-0.2, 0) is 14.3 Å². The maximum absolute atomic E-state index is 10.7. The van der Waals surface area contributed by atoms with Crippen LogP contribution in [0.1, 0.15) is 65.7 Å². The molecule has 3 heteroatoms. The summed E-state index contributed by atoms with van der Waals surface area (Å²) in [4.78, 5) is 20.6. The van der Waals surface area contributed by atoms with E-state index in [0.717, 1.165) is 32.0 Å². The van der Waals surface area contributed by atoms with Crippen molar-refractivity contribution in [2.24, 2.45) is 0 Å². The van der Waals surface area contributed by atoms with Crippen molar-refractivity contribution in [3.63, 3.8) is 0 Å². The third-order valence-electron chi connectivity index (χ3n) is 1.77. The first kappa shape index (κ1) is 17.5. The van der Waals surface area contributed by atoms with Crippen molar-refractivity contribution in [3.05, 3.63) is 0 Å². The van der Waals surface area contributed by atoms with Gasteiger partial charge in [0, 0.05) is 12.8 Å². The fourth-order valence-corrected chi connectivity index (χ4v) is 0.971. The largest absolute Gasteiger partial charge is 0.466 e. The minimum absolute atomic E-state index is 0.132. The summed E-state index contributed by atoms with van der Waals surface area (Å²) in [6.07, 6.45) is 7.22. The Morgan fingerprint density at radius 3 is 2.12 bits per heavy atom. The van der Waals surface area contributed by atoms with Gasteiger partial charge in [0.2, 0.25) is 0 Å². The zero-order valence-electron chi connectivity index (χ0n) is 11.0. The number of aldehydes is 1. The van der Waals surface area contributed by atoms with Crippen LogP contribution >= 0.6 is 0 Å². The molecule has 0 saturated carbocycles. The highest BCUT2D eigenvalue weighted by molar-refractivity contribution is 5.68. The zero-order chi connectivity index (χ0) is 12.6. The third kappa shape index (κ3) is 18.8. The molecule has 0 rings (SSSR count). The molecule has 0 fully saturated rings. The number of rotatable bonds is 8. The molecule has 0 radical (unpaired) electrons. The number of hydrogen-bond acceptors (Lipinski definition) is 3. The number of carbonyl (C=O) groups is 2. The summed E-state index contributed by atoms with van der Waals surface area (Å²) < 4.78 is 4.89. The molecule has 0 aliphatic carbocycles. The van der Waals surface area contributed by atoms with Gasteiger partial charge in [0.1, 0.15) is 6.29 Å². The predicted octanol–water partition coefficient (Wildman–Crippen LogP) is 3.51. The van der Waals surface area contributed by atoms with Crippen molar-refractivity contribution in [2.45, 2.75) is 65.7 Å². The lowest BCUT2D eigenvalue weighted by Crippen LogP contribution is -2.03. The highest BCUT2D eigenvalue weighted by Crippen LogP contribution is 2.02. The number of unbranched alkanes of at least 4 members (excludes halogenated alkanes) is 4. The van der Waals surface area contributed by atoms with E-state index in [9.17, 15) is 9.59 Å². The van der Waals surface area contributed by atoms with Gasteiger partial charge in [0.15, 0.2) is 0 Å². The first-order valence-electron chi connectivity index (χ1n) is 6.32. The first-order chi connectivity index (χ1) is 7.72. The standard InChI is InChI=1S/C10H18O3.C3H8/c1-2-10(12)13-9-7-5-3-4-6-8-11;1-3-2/h8H,2-7,9H2,1H3;3H2,1-2H3. The van der Waals surface area contributed by atoms with E-state index in [1.54, 1.807) is 6.92 Å². The lowest BCUT2D eigenvalue weighted by molar-refractivity contribution is -0.143. The molecule has 0 aromatic rings. The molecule has 0 aliphatic rings. The highest BCUT2D eigenvalue weighted by Gasteiger charge is 1.96. The fourth-order valence-electron chi connectivity index (χ4n) is 0.971. The normalized spacial score (nSPS) is 8.94. The quantitative estimate of drug-likeness (QED) is 0.364.